The van der Waals surface area contributed by atoms with Gasteiger partial charge in [-0.3, -0.25) is 9.59 Å². The number of carbonyl (C=O) groups is 2. The van der Waals surface area contributed by atoms with E-state index in [-0.39, 0.29) is 22.7 Å². The molecule has 1 aromatic heterocycles. The second-order valence-electron chi connectivity index (χ2n) is 4.30. The summed E-state index contributed by atoms with van der Waals surface area (Å²) in [4.78, 5) is 29.6. The molecule has 2 aromatic rings. The van der Waals surface area contributed by atoms with E-state index < -0.39 is 0 Å². The summed E-state index contributed by atoms with van der Waals surface area (Å²) in [6.45, 7) is 1.87. The van der Waals surface area contributed by atoms with Crippen molar-refractivity contribution in [2.75, 3.05) is 4.90 Å². The van der Waals surface area contributed by atoms with Gasteiger partial charge in [0.15, 0.2) is 5.82 Å². The van der Waals surface area contributed by atoms with Crippen LogP contribution >= 0.6 is 11.6 Å². The van der Waals surface area contributed by atoms with E-state index >= 15 is 0 Å². The number of aromatic nitrogens is 1. The number of nitrogens with zero attached hydrogens (tertiary/aromatic N) is 2. The maximum Gasteiger partial charge on any atom is 0.267 e. The van der Waals surface area contributed by atoms with Gasteiger partial charge in [0.1, 0.15) is 0 Å². The van der Waals surface area contributed by atoms with E-state index in [4.69, 9.17) is 11.6 Å². The summed E-state index contributed by atoms with van der Waals surface area (Å²) in [5.74, 6) is -0.599. The number of amides is 2. The highest BCUT2D eigenvalue weighted by Gasteiger charge is 2.38. The average molecular weight is 273 g/mol. The number of hydrogen-bond acceptors (Lipinski definition) is 3. The lowest BCUT2D eigenvalue weighted by molar-refractivity contribution is 0.0925. The number of carbonyl (C=O) groups excluding carboxylic acids is 2. The summed E-state index contributed by atoms with van der Waals surface area (Å²) in [7, 11) is 0. The fourth-order valence-electron chi connectivity index (χ4n) is 2.09. The lowest BCUT2D eigenvalue weighted by Crippen LogP contribution is -2.30. The highest BCUT2D eigenvalue weighted by atomic mass is 35.5. The average Bonchev–Trinajstić information content (AvgIpc) is 2.63. The van der Waals surface area contributed by atoms with E-state index in [1.807, 2.05) is 6.92 Å². The number of benzene rings is 1. The molecule has 1 aliphatic rings. The zero-order chi connectivity index (χ0) is 13.6. The summed E-state index contributed by atoms with van der Waals surface area (Å²) in [5, 5.41) is 0.272. The predicted octanol–water partition coefficient (Wildman–Crippen LogP) is 2.84. The molecule has 0 bridgehead atoms. The molecule has 0 spiro atoms. The number of halogens is 1. The fourth-order valence-corrected chi connectivity index (χ4v) is 2.29. The van der Waals surface area contributed by atoms with Crippen LogP contribution < -0.4 is 4.90 Å². The molecule has 3 rings (SSSR count). The third-order valence-electron chi connectivity index (χ3n) is 2.99. The van der Waals surface area contributed by atoms with E-state index in [0.29, 0.717) is 11.1 Å². The third kappa shape index (κ3) is 1.72. The van der Waals surface area contributed by atoms with E-state index in [2.05, 4.69) is 4.98 Å². The fraction of sp³-hybridized carbons (Fsp3) is 0.0714. The standard InChI is InChI=1S/C14H9ClN2O2/c1-8-4-5-9-10(7-8)14(19)17(13(9)18)12-11(15)3-2-6-16-12/h2-7H,1H3. The van der Waals surface area contributed by atoms with Crippen molar-refractivity contribution in [2.24, 2.45) is 0 Å². The zero-order valence-electron chi connectivity index (χ0n) is 10.1. The predicted molar refractivity (Wildman–Crippen MR) is 71.6 cm³/mol. The first-order valence-electron chi connectivity index (χ1n) is 5.69. The Morgan fingerprint density at radius 1 is 1.11 bits per heavy atom. The topological polar surface area (TPSA) is 50.3 Å². The van der Waals surface area contributed by atoms with Gasteiger partial charge in [0.2, 0.25) is 0 Å². The third-order valence-corrected chi connectivity index (χ3v) is 3.29. The first-order valence-corrected chi connectivity index (χ1v) is 6.07. The van der Waals surface area contributed by atoms with Crippen molar-refractivity contribution in [2.45, 2.75) is 6.92 Å². The zero-order valence-corrected chi connectivity index (χ0v) is 10.8. The maximum absolute atomic E-state index is 12.3. The minimum absolute atomic E-state index is 0.174. The smallest absolute Gasteiger partial charge is 0.267 e. The van der Waals surface area contributed by atoms with Crippen LogP contribution in [0, 0.1) is 6.92 Å². The number of imide groups is 1. The van der Waals surface area contributed by atoms with Crippen LogP contribution in [0.25, 0.3) is 0 Å². The van der Waals surface area contributed by atoms with Crippen molar-refractivity contribution in [3.63, 3.8) is 0 Å². The Balaban J connectivity index is 2.16. The Bertz CT molecular complexity index is 712. The Morgan fingerprint density at radius 3 is 2.58 bits per heavy atom. The quantitative estimate of drug-likeness (QED) is 0.750. The number of anilines is 1. The van der Waals surface area contributed by atoms with Gasteiger partial charge < -0.3 is 0 Å². The molecule has 0 aliphatic carbocycles. The largest absolute Gasteiger partial charge is 0.268 e. The number of aryl methyl sites for hydroxylation is 1. The SMILES string of the molecule is Cc1ccc2c(c1)C(=O)N(c1ncccc1Cl)C2=O. The van der Waals surface area contributed by atoms with Crippen molar-refractivity contribution >= 4 is 29.2 Å². The van der Waals surface area contributed by atoms with Crippen LogP contribution in [-0.2, 0) is 0 Å². The van der Waals surface area contributed by atoms with E-state index in [1.165, 1.54) is 6.20 Å². The van der Waals surface area contributed by atoms with Crippen molar-refractivity contribution in [1.82, 2.24) is 4.98 Å². The maximum atomic E-state index is 12.3. The Labute approximate surface area is 114 Å². The molecule has 5 heteroatoms. The van der Waals surface area contributed by atoms with E-state index in [1.54, 1.807) is 30.3 Å². The molecule has 1 aromatic carbocycles. The highest BCUT2D eigenvalue weighted by molar-refractivity contribution is 6.39. The van der Waals surface area contributed by atoms with Crippen molar-refractivity contribution in [3.05, 3.63) is 58.2 Å². The number of rotatable bonds is 1. The molecule has 1 aliphatic heterocycles. The molecule has 0 radical (unpaired) electrons. The van der Waals surface area contributed by atoms with Gasteiger partial charge in [0, 0.05) is 6.20 Å². The summed E-state index contributed by atoms with van der Waals surface area (Å²) in [6.07, 6.45) is 1.50. The summed E-state index contributed by atoms with van der Waals surface area (Å²) in [5.41, 5.74) is 1.71. The van der Waals surface area contributed by atoms with Crippen LogP contribution in [0.5, 0.6) is 0 Å². The van der Waals surface area contributed by atoms with Gasteiger partial charge in [-0.25, -0.2) is 9.88 Å². The van der Waals surface area contributed by atoms with E-state index in [0.717, 1.165) is 10.5 Å². The van der Waals surface area contributed by atoms with Crippen LogP contribution in [0.15, 0.2) is 36.5 Å². The molecule has 2 amide bonds. The van der Waals surface area contributed by atoms with Gasteiger partial charge in [-0.05, 0) is 31.2 Å². The Hall–Kier alpha value is -2.20. The molecular weight excluding hydrogens is 264 g/mol. The molecule has 94 valence electrons. The van der Waals surface area contributed by atoms with Crippen molar-refractivity contribution < 1.29 is 9.59 Å². The summed E-state index contributed by atoms with van der Waals surface area (Å²) in [6, 6.07) is 8.40. The molecule has 0 fully saturated rings. The minimum Gasteiger partial charge on any atom is -0.268 e. The molecule has 19 heavy (non-hydrogen) atoms. The van der Waals surface area contributed by atoms with Gasteiger partial charge >= 0.3 is 0 Å². The van der Waals surface area contributed by atoms with Crippen molar-refractivity contribution in [1.29, 1.82) is 0 Å². The van der Waals surface area contributed by atoms with Gasteiger partial charge in [-0.15, -0.1) is 0 Å². The molecule has 4 nitrogen and oxygen atoms in total. The molecule has 0 saturated heterocycles. The minimum atomic E-state index is -0.388. The molecule has 0 saturated carbocycles. The first-order chi connectivity index (χ1) is 9.09. The van der Waals surface area contributed by atoms with E-state index in [9.17, 15) is 9.59 Å². The molecule has 0 atom stereocenters. The van der Waals surface area contributed by atoms with Gasteiger partial charge in [0.05, 0.1) is 16.1 Å². The lowest BCUT2D eigenvalue weighted by Gasteiger charge is -2.13. The monoisotopic (exact) mass is 272 g/mol. The van der Waals surface area contributed by atoms with Gasteiger partial charge in [0.25, 0.3) is 11.8 Å². The molecule has 0 N–H and O–H groups in total. The van der Waals surface area contributed by atoms with Crippen LogP contribution in [0.3, 0.4) is 0 Å². The van der Waals surface area contributed by atoms with Gasteiger partial charge in [-0.1, -0.05) is 23.2 Å². The number of fused-ring (bicyclic) bond motifs is 1. The summed E-state index contributed by atoms with van der Waals surface area (Å²) < 4.78 is 0. The number of hydrogen-bond donors (Lipinski definition) is 0. The highest BCUT2D eigenvalue weighted by Crippen LogP contribution is 2.31. The normalized spacial score (nSPS) is 13.9. The second kappa shape index (κ2) is 4.17. The first kappa shape index (κ1) is 11.9. The van der Waals surface area contributed by atoms with Crippen LogP contribution in [0.2, 0.25) is 5.02 Å². The second-order valence-corrected chi connectivity index (χ2v) is 4.71. The van der Waals surface area contributed by atoms with Crippen LogP contribution in [0.4, 0.5) is 5.82 Å². The molecule has 0 unspecified atom stereocenters. The molecular formula is C14H9ClN2O2. The van der Waals surface area contributed by atoms with Crippen LogP contribution in [0.1, 0.15) is 26.3 Å². The summed E-state index contributed by atoms with van der Waals surface area (Å²) >= 11 is 6.00. The Morgan fingerprint density at radius 2 is 1.84 bits per heavy atom. The van der Waals surface area contributed by atoms with Crippen LogP contribution in [-0.4, -0.2) is 16.8 Å². The Kier molecular flexibility index (Phi) is 2.61. The number of pyridine rings is 1. The van der Waals surface area contributed by atoms with Crippen molar-refractivity contribution in [3.8, 4) is 0 Å². The molecule has 2 heterocycles. The van der Waals surface area contributed by atoms with Gasteiger partial charge in [-0.2, -0.15) is 0 Å². The lowest BCUT2D eigenvalue weighted by atomic mass is 10.1.